The van der Waals surface area contributed by atoms with Crippen LogP contribution in [0.2, 0.25) is 5.02 Å². The van der Waals surface area contributed by atoms with Crippen molar-refractivity contribution in [1.82, 2.24) is 0 Å². The first-order chi connectivity index (χ1) is 12.7. The summed E-state index contributed by atoms with van der Waals surface area (Å²) < 4.78 is 10.4. The molecule has 0 radical (unpaired) electrons. The van der Waals surface area contributed by atoms with E-state index in [4.69, 9.17) is 21.1 Å². The first-order valence-corrected chi connectivity index (χ1v) is 8.68. The van der Waals surface area contributed by atoms with Crippen LogP contribution in [0.3, 0.4) is 0 Å². The SMILES string of the molecule is COc1ccc(NC(=O)C(C)(C)C(=O)Nc2cc(Cl)ccc2C)cc1OC. The van der Waals surface area contributed by atoms with E-state index in [0.29, 0.717) is 27.9 Å². The van der Waals surface area contributed by atoms with E-state index in [1.165, 1.54) is 14.2 Å². The van der Waals surface area contributed by atoms with Gasteiger partial charge in [0.25, 0.3) is 0 Å². The molecule has 0 saturated heterocycles. The Balaban J connectivity index is 2.16. The number of benzene rings is 2. The number of halogens is 1. The molecule has 0 unspecified atom stereocenters. The van der Waals surface area contributed by atoms with Gasteiger partial charge in [-0.3, -0.25) is 9.59 Å². The number of amides is 2. The van der Waals surface area contributed by atoms with Crippen molar-refractivity contribution >= 4 is 34.8 Å². The normalized spacial score (nSPS) is 10.9. The third-order valence-corrected chi connectivity index (χ3v) is 4.46. The van der Waals surface area contributed by atoms with E-state index in [-0.39, 0.29) is 0 Å². The van der Waals surface area contributed by atoms with E-state index in [0.717, 1.165) is 5.56 Å². The first-order valence-electron chi connectivity index (χ1n) is 8.30. The fraction of sp³-hybridized carbons (Fsp3) is 0.300. The Morgan fingerprint density at radius 3 is 2.19 bits per heavy atom. The summed E-state index contributed by atoms with van der Waals surface area (Å²) in [6.45, 7) is 4.96. The molecule has 0 aliphatic heterocycles. The smallest absolute Gasteiger partial charge is 0.239 e. The molecule has 144 valence electrons. The van der Waals surface area contributed by atoms with E-state index in [1.54, 1.807) is 50.2 Å². The minimum absolute atomic E-state index is 0.439. The number of nitrogens with one attached hydrogen (secondary N) is 2. The van der Waals surface area contributed by atoms with Gasteiger partial charge in [-0.25, -0.2) is 0 Å². The lowest BCUT2D eigenvalue weighted by Gasteiger charge is -2.23. The van der Waals surface area contributed by atoms with Gasteiger partial charge >= 0.3 is 0 Å². The van der Waals surface area contributed by atoms with Gasteiger partial charge in [-0.05, 0) is 50.6 Å². The van der Waals surface area contributed by atoms with Crippen LogP contribution in [0.5, 0.6) is 11.5 Å². The summed E-state index contributed by atoms with van der Waals surface area (Å²) in [7, 11) is 3.04. The highest BCUT2D eigenvalue weighted by molar-refractivity contribution is 6.31. The molecule has 7 heteroatoms. The number of ether oxygens (including phenoxy) is 2. The molecule has 2 amide bonds. The maximum Gasteiger partial charge on any atom is 0.239 e. The molecule has 2 aromatic carbocycles. The topological polar surface area (TPSA) is 76.7 Å². The molecular weight excluding hydrogens is 368 g/mol. The predicted octanol–water partition coefficient (Wildman–Crippen LogP) is 4.27. The van der Waals surface area contributed by atoms with Crippen LogP contribution in [0.25, 0.3) is 0 Å². The molecule has 0 aromatic heterocycles. The molecule has 27 heavy (non-hydrogen) atoms. The van der Waals surface area contributed by atoms with Crippen molar-refractivity contribution in [3.05, 3.63) is 47.0 Å². The van der Waals surface area contributed by atoms with Crippen LogP contribution in [0.1, 0.15) is 19.4 Å². The molecule has 0 aliphatic rings. The van der Waals surface area contributed by atoms with Gasteiger partial charge in [0, 0.05) is 22.5 Å². The summed E-state index contributed by atoms with van der Waals surface area (Å²) >= 11 is 5.98. The van der Waals surface area contributed by atoms with Gasteiger partial charge in [-0.2, -0.15) is 0 Å². The van der Waals surface area contributed by atoms with Crippen LogP contribution in [0.15, 0.2) is 36.4 Å². The second-order valence-corrected chi connectivity index (χ2v) is 7.00. The second kappa shape index (κ2) is 8.31. The molecule has 2 N–H and O–H groups in total. The minimum atomic E-state index is -1.32. The van der Waals surface area contributed by atoms with Gasteiger partial charge in [-0.1, -0.05) is 17.7 Å². The number of anilines is 2. The van der Waals surface area contributed by atoms with E-state index in [1.807, 2.05) is 6.92 Å². The highest BCUT2D eigenvalue weighted by Gasteiger charge is 2.36. The van der Waals surface area contributed by atoms with Gasteiger partial charge in [0.05, 0.1) is 14.2 Å². The molecule has 0 fully saturated rings. The highest BCUT2D eigenvalue weighted by atomic mass is 35.5. The Morgan fingerprint density at radius 2 is 1.56 bits per heavy atom. The van der Waals surface area contributed by atoms with Gasteiger partial charge < -0.3 is 20.1 Å². The molecule has 2 aromatic rings. The van der Waals surface area contributed by atoms with Crippen molar-refractivity contribution in [2.75, 3.05) is 24.9 Å². The molecule has 6 nitrogen and oxygen atoms in total. The molecule has 0 bridgehead atoms. The van der Waals surface area contributed by atoms with Gasteiger partial charge in [0.2, 0.25) is 11.8 Å². The van der Waals surface area contributed by atoms with Crippen molar-refractivity contribution in [3.63, 3.8) is 0 Å². The number of hydrogen-bond donors (Lipinski definition) is 2. The third kappa shape index (κ3) is 4.71. The van der Waals surface area contributed by atoms with E-state index >= 15 is 0 Å². The maximum atomic E-state index is 12.7. The molecule has 0 heterocycles. The largest absolute Gasteiger partial charge is 0.493 e. The summed E-state index contributed by atoms with van der Waals surface area (Å²) in [6.07, 6.45) is 0. The number of carbonyl (C=O) groups excluding carboxylic acids is 2. The summed E-state index contributed by atoms with van der Waals surface area (Å²) in [4.78, 5) is 25.4. The third-order valence-electron chi connectivity index (χ3n) is 4.22. The zero-order chi connectivity index (χ0) is 20.2. The standard InChI is InChI=1S/C20H23ClN2O4/c1-12-6-7-13(21)10-15(12)23-19(25)20(2,3)18(24)22-14-8-9-16(26-4)17(11-14)27-5/h6-11H,1-5H3,(H,22,24)(H,23,25). The lowest BCUT2D eigenvalue weighted by atomic mass is 9.90. The average Bonchev–Trinajstić information content (AvgIpc) is 2.64. The van der Waals surface area contributed by atoms with Crippen molar-refractivity contribution in [2.45, 2.75) is 20.8 Å². The van der Waals surface area contributed by atoms with E-state index in [9.17, 15) is 9.59 Å². The molecule has 0 spiro atoms. The van der Waals surface area contributed by atoms with E-state index < -0.39 is 17.2 Å². The fourth-order valence-corrected chi connectivity index (χ4v) is 2.48. The second-order valence-electron chi connectivity index (χ2n) is 6.56. The number of aryl methyl sites for hydroxylation is 1. The molecule has 0 atom stereocenters. The summed E-state index contributed by atoms with van der Waals surface area (Å²) in [5, 5.41) is 6.01. The van der Waals surface area contributed by atoms with E-state index in [2.05, 4.69) is 10.6 Å². The first kappa shape index (κ1) is 20.6. The number of carbonyl (C=O) groups is 2. The zero-order valence-corrected chi connectivity index (χ0v) is 16.7. The van der Waals surface area contributed by atoms with Crippen molar-refractivity contribution < 1.29 is 19.1 Å². The number of hydrogen-bond acceptors (Lipinski definition) is 4. The summed E-state index contributed by atoms with van der Waals surface area (Å²) in [5.41, 5.74) is 0.600. The maximum absolute atomic E-state index is 12.7. The van der Waals surface area contributed by atoms with Crippen molar-refractivity contribution in [3.8, 4) is 11.5 Å². The van der Waals surface area contributed by atoms with Crippen LogP contribution in [-0.2, 0) is 9.59 Å². The molecular formula is C20H23ClN2O4. The number of methoxy groups -OCH3 is 2. The Morgan fingerprint density at radius 1 is 0.926 bits per heavy atom. The van der Waals surface area contributed by atoms with Crippen LogP contribution < -0.4 is 20.1 Å². The molecule has 0 saturated carbocycles. The number of rotatable bonds is 6. The van der Waals surface area contributed by atoms with Crippen molar-refractivity contribution in [2.24, 2.45) is 5.41 Å². The monoisotopic (exact) mass is 390 g/mol. The molecule has 0 aliphatic carbocycles. The fourth-order valence-electron chi connectivity index (χ4n) is 2.31. The lowest BCUT2D eigenvalue weighted by molar-refractivity contribution is -0.135. The van der Waals surface area contributed by atoms with Crippen LogP contribution in [0.4, 0.5) is 11.4 Å². The molecule has 2 rings (SSSR count). The Labute approximate surface area is 163 Å². The Kier molecular flexibility index (Phi) is 6.33. The quantitative estimate of drug-likeness (QED) is 0.722. The van der Waals surface area contributed by atoms with Crippen LogP contribution in [-0.4, -0.2) is 26.0 Å². The van der Waals surface area contributed by atoms with Crippen molar-refractivity contribution in [1.29, 1.82) is 0 Å². The minimum Gasteiger partial charge on any atom is -0.493 e. The Hall–Kier alpha value is -2.73. The van der Waals surface area contributed by atoms with Gasteiger partial charge in [0.15, 0.2) is 11.5 Å². The summed E-state index contributed by atoms with van der Waals surface area (Å²) in [5.74, 6) is 0.133. The highest BCUT2D eigenvalue weighted by Crippen LogP contribution is 2.31. The van der Waals surface area contributed by atoms with Crippen LogP contribution >= 0.6 is 11.6 Å². The predicted molar refractivity (Wildman–Crippen MR) is 107 cm³/mol. The van der Waals surface area contributed by atoms with Gasteiger partial charge in [-0.15, -0.1) is 0 Å². The zero-order valence-electron chi connectivity index (χ0n) is 16.0. The average molecular weight is 391 g/mol. The summed E-state index contributed by atoms with van der Waals surface area (Å²) in [6, 6.07) is 10.2. The lowest BCUT2D eigenvalue weighted by Crippen LogP contribution is -2.41. The van der Waals surface area contributed by atoms with Gasteiger partial charge in [0.1, 0.15) is 5.41 Å². The Bertz CT molecular complexity index is 865. The van der Waals surface area contributed by atoms with Crippen LogP contribution in [0, 0.1) is 12.3 Å².